The second-order valence-electron chi connectivity index (χ2n) is 6.65. The lowest BCUT2D eigenvalue weighted by Crippen LogP contribution is -2.11. The monoisotopic (exact) mass is 442 g/mol. The molecule has 0 aromatic heterocycles. The molecular weight excluding hydrogens is 424 g/mol. The summed E-state index contributed by atoms with van der Waals surface area (Å²) in [7, 11) is 0. The summed E-state index contributed by atoms with van der Waals surface area (Å²) >= 11 is 3.37. The van der Waals surface area contributed by atoms with Gasteiger partial charge in [0, 0.05) is 10.0 Å². The van der Waals surface area contributed by atoms with Crippen molar-refractivity contribution in [2.45, 2.75) is 0 Å². The summed E-state index contributed by atoms with van der Waals surface area (Å²) in [4.78, 5) is 12.3. The lowest BCUT2D eigenvalue weighted by molar-refractivity contribution is 0.0921. The summed E-state index contributed by atoms with van der Waals surface area (Å²) in [5.41, 5.74) is 5.28. The van der Waals surface area contributed by atoms with Gasteiger partial charge in [-0.05, 0) is 46.5 Å². The van der Waals surface area contributed by atoms with Crippen molar-refractivity contribution in [3.05, 3.63) is 113 Å². The fraction of sp³-hybridized carbons (Fsp3) is 0.0385. The smallest absolute Gasteiger partial charge is 0.200 e. The van der Waals surface area contributed by atoms with Crippen LogP contribution >= 0.6 is 15.9 Å². The molecule has 0 aliphatic carbocycles. The van der Waals surface area contributed by atoms with Crippen LogP contribution in [0.3, 0.4) is 0 Å². The summed E-state index contributed by atoms with van der Waals surface area (Å²) in [6, 6.07) is 33.9. The van der Waals surface area contributed by atoms with Crippen molar-refractivity contribution in [3.63, 3.8) is 0 Å². The third-order valence-corrected chi connectivity index (χ3v) is 5.24. The molecule has 0 aliphatic heterocycles. The van der Waals surface area contributed by atoms with Crippen molar-refractivity contribution in [3.8, 4) is 28.0 Å². The minimum atomic E-state index is -0.0454. The SMILES string of the molecule is O=C(COc1ccc(-c2ccccc2-c2ccccc2)cc1)c1ccc(Br)cc1. The van der Waals surface area contributed by atoms with Crippen LogP contribution < -0.4 is 4.74 Å². The number of hydrogen-bond donors (Lipinski definition) is 0. The van der Waals surface area contributed by atoms with Crippen molar-refractivity contribution in [1.29, 1.82) is 0 Å². The Kier molecular flexibility index (Phi) is 5.87. The van der Waals surface area contributed by atoms with E-state index < -0.39 is 0 Å². The largest absolute Gasteiger partial charge is 0.485 e. The molecule has 0 radical (unpaired) electrons. The Morgan fingerprint density at radius 2 is 1.21 bits per heavy atom. The molecule has 4 aromatic carbocycles. The Bertz CT molecular complexity index is 1100. The zero-order valence-corrected chi connectivity index (χ0v) is 17.3. The molecule has 0 amide bonds. The highest BCUT2D eigenvalue weighted by Gasteiger charge is 2.09. The number of ether oxygens (including phenoxy) is 1. The normalized spacial score (nSPS) is 10.5. The standard InChI is InChI=1S/C26H19BrO2/c27-22-14-10-21(11-15-22)26(28)18-29-23-16-12-20(13-17-23)25-9-5-4-8-24(25)19-6-2-1-3-7-19/h1-17H,18H2. The average Bonchev–Trinajstić information content (AvgIpc) is 2.79. The highest BCUT2D eigenvalue weighted by molar-refractivity contribution is 9.10. The van der Waals surface area contributed by atoms with Crippen LogP contribution in [0.15, 0.2) is 108 Å². The molecule has 0 fully saturated rings. The van der Waals surface area contributed by atoms with Crippen LogP contribution in [0.1, 0.15) is 10.4 Å². The number of Topliss-reactive ketones (excluding diaryl/α,β-unsaturated/α-hetero) is 1. The quantitative estimate of drug-likeness (QED) is 0.299. The summed E-state index contributed by atoms with van der Waals surface area (Å²) in [5.74, 6) is 0.632. The zero-order chi connectivity index (χ0) is 20.1. The van der Waals surface area contributed by atoms with Crippen molar-refractivity contribution >= 4 is 21.7 Å². The van der Waals surface area contributed by atoms with Gasteiger partial charge in [0.25, 0.3) is 0 Å². The molecule has 2 nitrogen and oxygen atoms in total. The molecule has 0 unspecified atom stereocenters. The van der Waals surface area contributed by atoms with Crippen LogP contribution in [0.5, 0.6) is 5.75 Å². The van der Waals surface area contributed by atoms with E-state index >= 15 is 0 Å². The van der Waals surface area contributed by atoms with Crippen molar-refractivity contribution in [2.24, 2.45) is 0 Å². The highest BCUT2D eigenvalue weighted by atomic mass is 79.9. The van der Waals surface area contributed by atoms with Crippen LogP contribution in [0.4, 0.5) is 0 Å². The van der Waals surface area contributed by atoms with Crippen molar-refractivity contribution in [2.75, 3.05) is 6.61 Å². The van der Waals surface area contributed by atoms with Gasteiger partial charge in [-0.1, -0.05) is 94.8 Å². The second kappa shape index (κ2) is 8.89. The molecule has 0 aliphatic rings. The van der Waals surface area contributed by atoms with Crippen molar-refractivity contribution < 1.29 is 9.53 Å². The summed E-state index contributed by atoms with van der Waals surface area (Å²) in [5, 5.41) is 0. The fourth-order valence-electron chi connectivity index (χ4n) is 3.20. The Labute approximate surface area is 178 Å². The number of halogens is 1. The van der Waals surface area contributed by atoms with Crippen LogP contribution in [0, 0.1) is 0 Å². The summed E-state index contributed by atoms with van der Waals surface area (Å²) in [6.07, 6.45) is 0. The fourth-order valence-corrected chi connectivity index (χ4v) is 3.47. The van der Waals surface area contributed by atoms with E-state index in [1.807, 2.05) is 60.7 Å². The van der Waals surface area contributed by atoms with Crippen LogP contribution in [-0.4, -0.2) is 12.4 Å². The Morgan fingerprint density at radius 1 is 0.655 bits per heavy atom. The van der Waals surface area contributed by atoms with Gasteiger partial charge in [-0.3, -0.25) is 4.79 Å². The van der Waals surface area contributed by atoms with Gasteiger partial charge in [0.2, 0.25) is 0 Å². The molecule has 29 heavy (non-hydrogen) atoms. The maximum Gasteiger partial charge on any atom is 0.200 e. The molecule has 0 saturated carbocycles. The first-order chi connectivity index (χ1) is 14.2. The number of rotatable bonds is 6. The molecule has 3 heteroatoms. The van der Waals surface area contributed by atoms with Gasteiger partial charge in [-0.2, -0.15) is 0 Å². The maximum atomic E-state index is 12.3. The molecular formula is C26H19BrO2. The summed E-state index contributed by atoms with van der Waals surface area (Å²) < 4.78 is 6.64. The Hall–Kier alpha value is -3.17. The van der Waals surface area contributed by atoms with E-state index in [1.54, 1.807) is 12.1 Å². The Balaban J connectivity index is 1.49. The van der Waals surface area contributed by atoms with Crippen LogP contribution in [0.25, 0.3) is 22.3 Å². The Morgan fingerprint density at radius 3 is 1.83 bits per heavy atom. The van der Waals surface area contributed by atoms with E-state index in [4.69, 9.17) is 4.74 Å². The third kappa shape index (κ3) is 4.64. The first kappa shape index (κ1) is 19.2. The molecule has 0 spiro atoms. The number of carbonyl (C=O) groups excluding carboxylic acids is 1. The van der Waals surface area contributed by atoms with E-state index in [9.17, 15) is 4.79 Å². The predicted octanol–water partition coefficient (Wildman–Crippen LogP) is 7.04. The minimum Gasteiger partial charge on any atom is -0.485 e. The first-order valence-corrected chi connectivity index (χ1v) is 10.2. The van der Waals surface area contributed by atoms with Gasteiger partial charge >= 0.3 is 0 Å². The van der Waals surface area contributed by atoms with Gasteiger partial charge in [0.1, 0.15) is 5.75 Å². The zero-order valence-electron chi connectivity index (χ0n) is 15.7. The van der Waals surface area contributed by atoms with Crippen molar-refractivity contribution in [1.82, 2.24) is 0 Å². The lowest BCUT2D eigenvalue weighted by Gasteiger charge is -2.11. The third-order valence-electron chi connectivity index (χ3n) is 4.71. The molecule has 4 aromatic rings. The molecule has 0 N–H and O–H groups in total. The molecule has 0 bridgehead atoms. The molecule has 0 atom stereocenters. The van der Waals surface area contributed by atoms with Gasteiger partial charge in [-0.15, -0.1) is 0 Å². The van der Waals surface area contributed by atoms with Gasteiger partial charge < -0.3 is 4.74 Å². The highest BCUT2D eigenvalue weighted by Crippen LogP contribution is 2.32. The molecule has 142 valence electrons. The minimum absolute atomic E-state index is 0.0155. The summed E-state index contributed by atoms with van der Waals surface area (Å²) in [6.45, 7) is 0.0155. The molecule has 0 saturated heterocycles. The predicted molar refractivity (Wildman–Crippen MR) is 121 cm³/mol. The topological polar surface area (TPSA) is 26.3 Å². The number of carbonyl (C=O) groups is 1. The van der Waals surface area contributed by atoms with E-state index in [-0.39, 0.29) is 12.4 Å². The maximum absolute atomic E-state index is 12.3. The van der Waals surface area contributed by atoms with E-state index in [0.29, 0.717) is 11.3 Å². The first-order valence-electron chi connectivity index (χ1n) is 9.37. The number of benzene rings is 4. The number of hydrogen-bond acceptors (Lipinski definition) is 2. The van der Waals surface area contributed by atoms with E-state index in [1.165, 1.54) is 11.1 Å². The van der Waals surface area contributed by atoms with Gasteiger partial charge in [-0.25, -0.2) is 0 Å². The lowest BCUT2D eigenvalue weighted by atomic mass is 9.95. The molecule has 0 heterocycles. The average molecular weight is 443 g/mol. The van der Waals surface area contributed by atoms with Gasteiger partial charge in [0.05, 0.1) is 0 Å². The van der Waals surface area contributed by atoms with Crippen LogP contribution in [0.2, 0.25) is 0 Å². The van der Waals surface area contributed by atoms with E-state index in [0.717, 1.165) is 15.6 Å². The number of ketones is 1. The van der Waals surface area contributed by atoms with Gasteiger partial charge in [0.15, 0.2) is 12.4 Å². The van der Waals surface area contributed by atoms with E-state index in [2.05, 4.69) is 46.3 Å². The second-order valence-corrected chi connectivity index (χ2v) is 7.57. The van der Waals surface area contributed by atoms with Crippen LogP contribution in [-0.2, 0) is 0 Å². The molecule has 4 rings (SSSR count).